The molecule has 4 nitrogen and oxygen atoms in total. The summed E-state index contributed by atoms with van der Waals surface area (Å²) in [6, 6.07) is 3.30. The van der Waals surface area contributed by atoms with E-state index in [1.807, 2.05) is 0 Å². The van der Waals surface area contributed by atoms with Crippen LogP contribution in [0.5, 0.6) is 0 Å². The molecular formula is C12H11NO3. The predicted octanol–water partition coefficient (Wildman–Crippen LogP) is 2.57. The zero-order chi connectivity index (χ0) is 11.7. The Bertz CT molecular complexity index is 569. The minimum atomic E-state index is -0.404. The fourth-order valence-corrected chi connectivity index (χ4v) is 1.56. The quantitative estimate of drug-likeness (QED) is 0.725. The van der Waals surface area contributed by atoms with Crippen LogP contribution in [-0.4, -0.2) is 18.1 Å². The number of carbonyl (C=O) groups is 1. The first-order valence-electron chi connectivity index (χ1n) is 4.77. The van der Waals surface area contributed by atoms with Gasteiger partial charge in [-0.1, -0.05) is 12.7 Å². The summed E-state index contributed by atoms with van der Waals surface area (Å²) in [5.74, 6) is 0.152. The maximum atomic E-state index is 11.4. The molecule has 0 N–H and O–H groups in total. The van der Waals surface area contributed by atoms with Crippen molar-refractivity contribution in [3.63, 3.8) is 0 Å². The summed E-state index contributed by atoms with van der Waals surface area (Å²) in [4.78, 5) is 15.6. The maximum absolute atomic E-state index is 11.4. The summed E-state index contributed by atoms with van der Waals surface area (Å²) in [5.41, 5.74) is 2.46. The van der Waals surface area contributed by atoms with E-state index in [4.69, 9.17) is 4.42 Å². The van der Waals surface area contributed by atoms with Gasteiger partial charge in [0.05, 0.1) is 12.7 Å². The lowest BCUT2D eigenvalue weighted by molar-refractivity contribution is 0.0600. The Kier molecular flexibility index (Phi) is 2.48. The molecule has 0 atom stereocenters. The van der Waals surface area contributed by atoms with E-state index in [-0.39, 0.29) is 0 Å². The van der Waals surface area contributed by atoms with E-state index in [1.54, 1.807) is 25.1 Å². The third kappa shape index (κ3) is 1.58. The second kappa shape index (κ2) is 3.81. The number of esters is 1. The van der Waals surface area contributed by atoms with E-state index in [0.29, 0.717) is 22.6 Å². The van der Waals surface area contributed by atoms with Crippen molar-refractivity contribution in [1.29, 1.82) is 0 Å². The third-order valence-electron chi connectivity index (χ3n) is 2.27. The van der Waals surface area contributed by atoms with Crippen molar-refractivity contribution in [2.24, 2.45) is 0 Å². The standard InChI is InChI=1S/C12H11NO3/c1-4-8-5-9(12(14)15-3)6-10-11(8)13-7(2)16-10/h4-6H,1H2,2-3H3. The number of benzene rings is 1. The Morgan fingerprint density at radius 1 is 1.56 bits per heavy atom. The Morgan fingerprint density at radius 3 is 2.94 bits per heavy atom. The molecule has 4 heteroatoms. The van der Waals surface area contributed by atoms with Crippen molar-refractivity contribution in [2.75, 3.05) is 7.11 Å². The van der Waals surface area contributed by atoms with Gasteiger partial charge in [0.15, 0.2) is 11.5 Å². The van der Waals surface area contributed by atoms with Gasteiger partial charge in [0, 0.05) is 12.5 Å². The monoisotopic (exact) mass is 217 g/mol. The lowest BCUT2D eigenvalue weighted by atomic mass is 10.1. The zero-order valence-electron chi connectivity index (χ0n) is 9.11. The van der Waals surface area contributed by atoms with Crippen molar-refractivity contribution in [1.82, 2.24) is 4.98 Å². The van der Waals surface area contributed by atoms with Crippen LogP contribution in [0.15, 0.2) is 23.1 Å². The number of carbonyl (C=O) groups excluding carboxylic acids is 1. The average molecular weight is 217 g/mol. The van der Waals surface area contributed by atoms with Gasteiger partial charge in [-0.25, -0.2) is 9.78 Å². The Hall–Kier alpha value is -2.10. The Morgan fingerprint density at radius 2 is 2.31 bits per heavy atom. The summed E-state index contributed by atoms with van der Waals surface area (Å²) >= 11 is 0. The molecule has 0 aliphatic carbocycles. The molecule has 0 saturated carbocycles. The molecule has 1 heterocycles. The second-order valence-electron chi connectivity index (χ2n) is 3.34. The van der Waals surface area contributed by atoms with Crippen LogP contribution in [0.3, 0.4) is 0 Å². The van der Waals surface area contributed by atoms with Gasteiger partial charge < -0.3 is 9.15 Å². The van der Waals surface area contributed by atoms with Crippen molar-refractivity contribution < 1.29 is 13.9 Å². The first-order chi connectivity index (χ1) is 7.65. The molecule has 0 fully saturated rings. The maximum Gasteiger partial charge on any atom is 0.338 e. The largest absolute Gasteiger partial charge is 0.465 e. The SMILES string of the molecule is C=Cc1cc(C(=O)OC)cc2oc(C)nc12. The highest BCUT2D eigenvalue weighted by Crippen LogP contribution is 2.23. The fraction of sp³-hybridized carbons (Fsp3) is 0.167. The summed E-state index contributed by atoms with van der Waals surface area (Å²) < 4.78 is 10.0. The molecule has 1 aromatic heterocycles. The molecule has 0 amide bonds. The van der Waals surface area contributed by atoms with Crippen molar-refractivity contribution in [3.05, 3.63) is 35.7 Å². The van der Waals surface area contributed by atoms with E-state index >= 15 is 0 Å². The van der Waals surface area contributed by atoms with E-state index in [0.717, 1.165) is 5.56 Å². The number of aryl methyl sites for hydroxylation is 1. The number of nitrogens with zero attached hydrogens (tertiary/aromatic N) is 1. The van der Waals surface area contributed by atoms with E-state index in [9.17, 15) is 4.79 Å². The molecule has 1 aromatic carbocycles. The van der Waals surface area contributed by atoms with Gasteiger partial charge in [-0.2, -0.15) is 0 Å². The molecule has 0 aliphatic rings. The molecule has 2 rings (SSSR count). The number of hydrogen-bond donors (Lipinski definition) is 0. The Balaban J connectivity index is 2.71. The first kappa shape index (κ1) is 10.4. The zero-order valence-corrected chi connectivity index (χ0v) is 9.11. The first-order valence-corrected chi connectivity index (χ1v) is 4.77. The summed E-state index contributed by atoms with van der Waals surface area (Å²) in [6.07, 6.45) is 1.64. The van der Waals surface area contributed by atoms with Gasteiger partial charge in [-0.05, 0) is 12.1 Å². The number of rotatable bonds is 2. The smallest absolute Gasteiger partial charge is 0.338 e. The highest BCUT2D eigenvalue weighted by molar-refractivity contribution is 5.96. The number of methoxy groups -OCH3 is 1. The molecule has 0 bridgehead atoms. The summed E-state index contributed by atoms with van der Waals surface area (Å²) in [5, 5.41) is 0. The van der Waals surface area contributed by atoms with Crippen LogP contribution >= 0.6 is 0 Å². The number of hydrogen-bond acceptors (Lipinski definition) is 4. The van der Waals surface area contributed by atoms with Gasteiger partial charge in [-0.15, -0.1) is 0 Å². The van der Waals surface area contributed by atoms with Gasteiger partial charge in [0.1, 0.15) is 5.52 Å². The normalized spacial score (nSPS) is 10.4. The molecule has 0 radical (unpaired) electrons. The number of oxazole rings is 1. The molecule has 0 saturated heterocycles. The molecule has 0 unspecified atom stereocenters. The van der Waals surface area contributed by atoms with Crippen molar-refractivity contribution in [2.45, 2.75) is 6.92 Å². The molecule has 0 spiro atoms. The molecule has 0 aliphatic heterocycles. The highest BCUT2D eigenvalue weighted by atomic mass is 16.5. The number of fused-ring (bicyclic) bond motifs is 1. The number of ether oxygens (including phenoxy) is 1. The van der Waals surface area contributed by atoms with Crippen LogP contribution in [0, 0.1) is 6.92 Å². The van der Waals surface area contributed by atoms with Crippen LogP contribution in [0.2, 0.25) is 0 Å². The molecule has 82 valence electrons. The summed E-state index contributed by atoms with van der Waals surface area (Å²) in [7, 11) is 1.34. The second-order valence-corrected chi connectivity index (χ2v) is 3.34. The van der Waals surface area contributed by atoms with Crippen LogP contribution in [0.25, 0.3) is 17.2 Å². The fourth-order valence-electron chi connectivity index (χ4n) is 1.56. The van der Waals surface area contributed by atoms with Gasteiger partial charge in [-0.3, -0.25) is 0 Å². The topological polar surface area (TPSA) is 52.3 Å². The van der Waals surface area contributed by atoms with Crippen LogP contribution in [0.1, 0.15) is 21.8 Å². The Labute approximate surface area is 92.5 Å². The van der Waals surface area contributed by atoms with Crippen LogP contribution in [0.4, 0.5) is 0 Å². The van der Waals surface area contributed by atoms with E-state index in [2.05, 4.69) is 16.3 Å². The van der Waals surface area contributed by atoms with Gasteiger partial charge in [0.2, 0.25) is 0 Å². The lowest BCUT2D eigenvalue weighted by Crippen LogP contribution is -2.01. The van der Waals surface area contributed by atoms with Crippen molar-refractivity contribution >= 4 is 23.1 Å². The van der Waals surface area contributed by atoms with E-state index in [1.165, 1.54) is 7.11 Å². The highest BCUT2D eigenvalue weighted by Gasteiger charge is 2.12. The predicted molar refractivity (Wildman–Crippen MR) is 60.2 cm³/mol. The average Bonchev–Trinajstić information content (AvgIpc) is 2.66. The minimum absolute atomic E-state index is 0.404. The van der Waals surface area contributed by atoms with Crippen LogP contribution < -0.4 is 0 Å². The summed E-state index contributed by atoms with van der Waals surface area (Å²) in [6.45, 7) is 5.44. The number of aromatic nitrogens is 1. The molecular weight excluding hydrogens is 206 g/mol. The molecule has 16 heavy (non-hydrogen) atoms. The van der Waals surface area contributed by atoms with Gasteiger partial charge >= 0.3 is 5.97 Å². The third-order valence-corrected chi connectivity index (χ3v) is 2.27. The van der Waals surface area contributed by atoms with Gasteiger partial charge in [0.25, 0.3) is 0 Å². The molecule has 2 aromatic rings. The van der Waals surface area contributed by atoms with Crippen molar-refractivity contribution in [3.8, 4) is 0 Å². The minimum Gasteiger partial charge on any atom is -0.465 e. The van der Waals surface area contributed by atoms with Crippen LogP contribution in [-0.2, 0) is 4.74 Å². The lowest BCUT2D eigenvalue weighted by Gasteiger charge is -2.00. The van der Waals surface area contributed by atoms with E-state index < -0.39 is 5.97 Å².